The molecule has 10 heteroatoms. The minimum Gasteiger partial charge on any atom is -0.366 e. The number of aromatic nitrogens is 1. The smallest absolute Gasteiger partial charge is 0.366 e. The molecule has 2 aromatic rings. The van der Waals surface area contributed by atoms with Gasteiger partial charge in [-0.3, -0.25) is 9.69 Å². The molecular formula is C19H20F3N5O2. The van der Waals surface area contributed by atoms with Crippen LogP contribution in [0.2, 0.25) is 0 Å². The minimum absolute atomic E-state index is 0.0174. The van der Waals surface area contributed by atoms with Gasteiger partial charge in [-0.05, 0) is 23.3 Å². The second-order valence-corrected chi connectivity index (χ2v) is 7.20. The molecule has 3 heterocycles. The van der Waals surface area contributed by atoms with Crippen LogP contribution in [0, 0.1) is 0 Å². The lowest BCUT2D eigenvalue weighted by Gasteiger charge is -2.33. The predicted octanol–water partition coefficient (Wildman–Crippen LogP) is 1.77. The monoisotopic (exact) mass is 407 g/mol. The summed E-state index contributed by atoms with van der Waals surface area (Å²) >= 11 is 0. The SMILES string of the molecule is NC(=O)c1cc(C2C=NNC2)c2ccc(CN3CCO[C@@H](C(F)(F)F)C3)cc2n1. The van der Waals surface area contributed by atoms with Gasteiger partial charge in [0.05, 0.1) is 12.1 Å². The standard InChI is InChI=1S/C19H20F3N5O2/c20-19(21,22)17-10-27(3-4-29-17)9-11-1-2-13-14(12-7-24-25-8-12)6-16(18(23)28)26-15(13)5-11/h1-2,5-7,12,17,25H,3-4,8-10H2,(H2,23,28)/t12?,17-/m1/s1. The Labute approximate surface area is 164 Å². The fraction of sp³-hybridized carbons (Fsp3) is 0.421. The molecule has 1 unspecified atom stereocenters. The van der Waals surface area contributed by atoms with Crippen LogP contribution >= 0.6 is 0 Å². The van der Waals surface area contributed by atoms with Crippen molar-refractivity contribution < 1.29 is 22.7 Å². The van der Waals surface area contributed by atoms with Gasteiger partial charge in [-0.15, -0.1) is 0 Å². The molecule has 154 valence electrons. The number of hydrogen-bond donors (Lipinski definition) is 2. The van der Waals surface area contributed by atoms with E-state index in [0.717, 1.165) is 16.5 Å². The number of nitrogens with one attached hydrogen (secondary N) is 1. The molecular weight excluding hydrogens is 387 g/mol. The summed E-state index contributed by atoms with van der Waals surface area (Å²) < 4.78 is 43.7. The topological polar surface area (TPSA) is 92.8 Å². The number of amides is 1. The Bertz CT molecular complexity index is 963. The van der Waals surface area contributed by atoms with Gasteiger partial charge in [0, 0.05) is 43.7 Å². The maximum atomic E-state index is 13.0. The molecule has 1 fully saturated rings. The highest BCUT2D eigenvalue weighted by Gasteiger charge is 2.43. The molecule has 1 saturated heterocycles. The summed E-state index contributed by atoms with van der Waals surface area (Å²) in [6.07, 6.45) is -4.40. The van der Waals surface area contributed by atoms with E-state index in [4.69, 9.17) is 10.5 Å². The van der Waals surface area contributed by atoms with Gasteiger partial charge in [-0.1, -0.05) is 12.1 Å². The minimum atomic E-state index is -4.38. The van der Waals surface area contributed by atoms with Crippen molar-refractivity contribution in [3.8, 4) is 0 Å². The van der Waals surface area contributed by atoms with Crippen molar-refractivity contribution in [2.45, 2.75) is 24.7 Å². The van der Waals surface area contributed by atoms with Crippen LogP contribution in [-0.2, 0) is 11.3 Å². The second-order valence-electron chi connectivity index (χ2n) is 7.20. The lowest BCUT2D eigenvalue weighted by Crippen LogP contribution is -2.48. The molecule has 0 spiro atoms. The van der Waals surface area contributed by atoms with Crippen molar-refractivity contribution in [1.29, 1.82) is 0 Å². The molecule has 1 amide bonds. The maximum Gasteiger partial charge on any atom is 0.415 e. The Morgan fingerprint density at radius 3 is 2.86 bits per heavy atom. The third-order valence-electron chi connectivity index (χ3n) is 5.14. The highest BCUT2D eigenvalue weighted by Crippen LogP contribution is 2.29. The molecule has 4 rings (SSSR count). The number of rotatable bonds is 4. The number of hydrogen-bond acceptors (Lipinski definition) is 6. The van der Waals surface area contributed by atoms with Crippen LogP contribution in [0.5, 0.6) is 0 Å². The molecule has 29 heavy (non-hydrogen) atoms. The van der Waals surface area contributed by atoms with Crippen LogP contribution in [0.15, 0.2) is 29.4 Å². The Hall–Kier alpha value is -2.72. The molecule has 0 aliphatic carbocycles. The molecule has 0 bridgehead atoms. The zero-order valence-electron chi connectivity index (χ0n) is 15.4. The van der Waals surface area contributed by atoms with Crippen LogP contribution in [-0.4, -0.2) is 60.5 Å². The van der Waals surface area contributed by atoms with Gasteiger partial charge in [-0.25, -0.2) is 4.98 Å². The van der Waals surface area contributed by atoms with Crippen molar-refractivity contribution in [2.24, 2.45) is 10.8 Å². The normalized spacial score (nSPS) is 22.7. The van der Waals surface area contributed by atoms with E-state index in [2.05, 4.69) is 15.5 Å². The van der Waals surface area contributed by atoms with Crippen LogP contribution in [0.25, 0.3) is 10.9 Å². The lowest BCUT2D eigenvalue weighted by molar-refractivity contribution is -0.237. The molecule has 1 aromatic carbocycles. The van der Waals surface area contributed by atoms with Gasteiger partial charge >= 0.3 is 6.18 Å². The number of pyridine rings is 1. The summed E-state index contributed by atoms with van der Waals surface area (Å²) in [6.45, 7) is 1.16. The number of nitrogens with zero attached hydrogens (tertiary/aromatic N) is 3. The number of ether oxygens (including phenoxy) is 1. The summed E-state index contributed by atoms with van der Waals surface area (Å²) in [5.41, 5.74) is 10.7. The molecule has 2 atom stereocenters. The molecule has 2 aliphatic rings. The second kappa shape index (κ2) is 7.60. The average molecular weight is 407 g/mol. The molecule has 1 aromatic heterocycles. The number of primary amides is 1. The molecule has 0 saturated carbocycles. The van der Waals surface area contributed by atoms with E-state index < -0.39 is 18.2 Å². The zero-order chi connectivity index (χ0) is 20.6. The molecule has 7 nitrogen and oxygen atoms in total. The Kier molecular flexibility index (Phi) is 5.13. The van der Waals surface area contributed by atoms with Gasteiger partial charge in [0.1, 0.15) is 5.69 Å². The van der Waals surface area contributed by atoms with Gasteiger partial charge in [0.2, 0.25) is 0 Å². The summed E-state index contributed by atoms with van der Waals surface area (Å²) in [5.74, 6) is -0.654. The van der Waals surface area contributed by atoms with E-state index in [9.17, 15) is 18.0 Å². The Morgan fingerprint density at radius 1 is 1.34 bits per heavy atom. The molecule has 3 N–H and O–H groups in total. The summed E-state index contributed by atoms with van der Waals surface area (Å²) in [4.78, 5) is 17.8. The van der Waals surface area contributed by atoms with E-state index >= 15 is 0 Å². The van der Waals surface area contributed by atoms with E-state index in [1.165, 1.54) is 0 Å². The van der Waals surface area contributed by atoms with E-state index in [1.54, 1.807) is 23.2 Å². The van der Waals surface area contributed by atoms with E-state index in [1.807, 2.05) is 12.1 Å². The third kappa shape index (κ3) is 4.18. The molecule has 0 radical (unpaired) electrons. The third-order valence-corrected chi connectivity index (χ3v) is 5.14. The van der Waals surface area contributed by atoms with Crippen LogP contribution < -0.4 is 11.2 Å². The van der Waals surface area contributed by atoms with Crippen molar-refractivity contribution in [2.75, 3.05) is 26.2 Å². The first-order chi connectivity index (χ1) is 13.8. The number of fused-ring (bicyclic) bond motifs is 1. The number of nitrogens with two attached hydrogens (primary N) is 1. The first-order valence-electron chi connectivity index (χ1n) is 9.21. The number of hydrazone groups is 1. The number of benzene rings is 1. The number of halogens is 3. The van der Waals surface area contributed by atoms with Gasteiger partial charge in [0.15, 0.2) is 6.10 Å². The predicted molar refractivity (Wildman–Crippen MR) is 101 cm³/mol. The first-order valence-corrected chi connectivity index (χ1v) is 9.21. The number of carbonyl (C=O) groups is 1. The van der Waals surface area contributed by atoms with Crippen molar-refractivity contribution in [1.82, 2.24) is 15.3 Å². The summed E-state index contributed by atoms with van der Waals surface area (Å²) in [7, 11) is 0. The van der Waals surface area contributed by atoms with E-state index in [0.29, 0.717) is 25.2 Å². The largest absolute Gasteiger partial charge is 0.415 e. The Morgan fingerprint density at radius 2 is 2.17 bits per heavy atom. The lowest BCUT2D eigenvalue weighted by atomic mass is 9.95. The first kappa shape index (κ1) is 19.6. The zero-order valence-corrected chi connectivity index (χ0v) is 15.4. The fourth-order valence-corrected chi connectivity index (χ4v) is 3.67. The summed E-state index contributed by atoms with van der Waals surface area (Å²) in [6, 6.07) is 7.22. The highest BCUT2D eigenvalue weighted by molar-refractivity contribution is 5.96. The number of alkyl halides is 3. The van der Waals surface area contributed by atoms with Crippen LogP contribution in [0.1, 0.15) is 27.5 Å². The van der Waals surface area contributed by atoms with Gasteiger partial charge < -0.3 is 15.9 Å². The Balaban J connectivity index is 1.63. The molecule has 2 aliphatic heterocycles. The van der Waals surface area contributed by atoms with Crippen molar-refractivity contribution in [3.05, 3.63) is 41.1 Å². The van der Waals surface area contributed by atoms with Crippen molar-refractivity contribution in [3.63, 3.8) is 0 Å². The fourth-order valence-electron chi connectivity index (χ4n) is 3.67. The van der Waals surface area contributed by atoms with Crippen molar-refractivity contribution >= 4 is 23.0 Å². The quantitative estimate of drug-likeness (QED) is 0.806. The van der Waals surface area contributed by atoms with Gasteiger partial charge in [0.25, 0.3) is 5.91 Å². The van der Waals surface area contributed by atoms with E-state index in [-0.39, 0.29) is 24.8 Å². The van der Waals surface area contributed by atoms with Gasteiger partial charge in [-0.2, -0.15) is 18.3 Å². The number of morpholine rings is 1. The number of carbonyl (C=O) groups excluding carboxylic acids is 1. The highest BCUT2D eigenvalue weighted by atomic mass is 19.4. The average Bonchev–Trinajstić information content (AvgIpc) is 3.21. The van der Waals surface area contributed by atoms with Crippen LogP contribution in [0.4, 0.5) is 13.2 Å². The summed E-state index contributed by atoms with van der Waals surface area (Å²) in [5, 5.41) is 4.88. The van der Waals surface area contributed by atoms with Crippen LogP contribution in [0.3, 0.4) is 0 Å². The maximum absolute atomic E-state index is 13.0.